The zero-order valence-corrected chi connectivity index (χ0v) is 14.0. The minimum Gasteiger partial charge on any atom is -0.511 e. The Kier molecular flexibility index (Phi) is 3.77. The quantitative estimate of drug-likeness (QED) is 0.569. The average Bonchev–Trinajstić information content (AvgIpc) is 2.96. The van der Waals surface area contributed by atoms with E-state index in [1.807, 2.05) is 48.5 Å². The molecule has 0 amide bonds. The molecule has 3 heteroatoms. The summed E-state index contributed by atoms with van der Waals surface area (Å²) in [6.07, 6.45) is 0.654. The third kappa shape index (κ3) is 2.78. The number of aliphatic hydroxyl groups is 1. The fourth-order valence-electron chi connectivity index (χ4n) is 3.45. The third-order valence-electron chi connectivity index (χ3n) is 4.69. The minimum atomic E-state index is -0.0402. The molecule has 0 radical (unpaired) electrons. The van der Waals surface area contributed by atoms with Crippen molar-refractivity contribution in [1.82, 2.24) is 0 Å². The molecule has 0 unspecified atom stereocenters. The topological polar surface area (TPSA) is 46.5 Å². The summed E-state index contributed by atoms with van der Waals surface area (Å²) in [5.41, 5.74) is 3.14. The van der Waals surface area contributed by atoms with Gasteiger partial charge in [-0.3, -0.25) is 4.79 Å². The lowest BCUT2D eigenvalue weighted by molar-refractivity contribution is -0.112. The van der Waals surface area contributed by atoms with Crippen LogP contribution in [0.5, 0.6) is 5.75 Å². The molecule has 0 atom stereocenters. The predicted octanol–water partition coefficient (Wildman–Crippen LogP) is 4.49. The molecule has 3 nitrogen and oxygen atoms in total. The van der Waals surface area contributed by atoms with Crippen LogP contribution >= 0.6 is 0 Å². The predicted molar refractivity (Wildman–Crippen MR) is 98.9 cm³/mol. The normalized spacial score (nSPS) is 15.3. The summed E-state index contributed by atoms with van der Waals surface area (Å²) in [6, 6.07) is 19.7. The molecule has 1 N–H and O–H groups in total. The van der Waals surface area contributed by atoms with Gasteiger partial charge in [0.2, 0.25) is 0 Å². The van der Waals surface area contributed by atoms with E-state index in [-0.39, 0.29) is 11.5 Å². The van der Waals surface area contributed by atoms with Gasteiger partial charge in [-0.25, -0.2) is 0 Å². The number of ether oxygens (including phenoxy) is 1. The second-order valence-electron chi connectivity index (χ2n) is 6.30. The number of aliphatic hydroxyl groups excluding tert-OH is 1. The first-order valence-corrected chi connectivity index (χ1v) is 8.26. The molecular weight excluding hydrogens is 312 g/mol. The monoisotopic (exact) mass is 330 g/mol. The Morgan fingerprint density at radius 1 is 1.04 bits per heavy atom. The molecule has 25 heavy (non-hydrogen) atoms. The molecule has 3 aromatic carbocycles. The van der Waals surface area contributed by atoms with Gasteiger partial charge in [-0.15, -0.1) is 0 Å². The van der Waals surface area contributed by atoms with E-state index in [1.54, 1.807) is 7.11 Å². The van der Waals surface area contributed by atoms with E-state index in [4.69, 9.17) is 4.74 Å². The number of hydrogen-bond donors (Lipinski definition) is 1. The highest BCUT2D eigenvalue weighted by Gasteiger charge is 2.28. The van der Waals surface area contributed by atoms with Crippen molar-refractivity contribution in [2.24, 2.45) is 0 Å². The Morgan fingerprint density at radius 2 is 1.84 bits per heavy atom. The number of ketones is 1. The minimum absolute atomic E-state index is 0.0402. The lowest BCUT2D eigenvalue weighted by Crippen LogP contribution is -2.01. The van der Waals surface area contributed by atoms with Gasteiger partial charge in [0.05, 0.1) is 12.7 Å². The molecular formula is C22H18O3. The van der Waals surface area contributed by atoms with Crippen molar-refractivity contribution >= 4 is 22.1 Å². The van der Waals surface area contributed by atoms with Crippen LogP contribution in [0, 0.1) is 0 Å². The van der Waals surface area contributed by atoms with Crippen LogP contribution < -0.4 is 4.74 Å². The third-order valence-corrected chi connectivity index (χ3v) is 4.69. The van der Waals surface area contributed by atoms with Gasteiger partial charge >= 0.3 is 0 Å². The summed E-state index contributed by atoms with van der Waals surface area (Å²) < 4.78 is 5.22. The molecule has 1 aliphatic carbocycles. The van der Waals surface area contributed by atoms with Crippen molar-refractivity contribution in [2.45, 2.75) is 12.8 Å². The number of carbonyl (C=O) groups is 1. The summed E-state index contributed by atoms with van der Waals surface area (Å²) in [5.74, 6) is 0.813. The first-order valence-electron chi connectivity index (χ1n) is 8.26. The van der Waals surface area contributed by atoms with Crippen molar-refractivity contribution in [1.29, 1.82) is 0 Å². The Labute approximate surface area is 146 Å². The van der Waals surface area contributed by atoms with Gasteiger partial charge < -0.3 is 9.84 Å². The van der Waals surface area contributed by atoms with Gasteiger partial charge in [0, 0.05) is 12.8 Å². The van der Waals surface area contributed by atoms with Crippen LogP contribution in [0.2, 0.25) is 0 Å². The molecule has 4 rings (SSSR count). The number of allylic oxidation sites excluding steroid dienone is 2. The zero-order valence-electron chi connectivity index (χ0n) is 14.0. The van der Waals surface area contributed by atoms with E-state index >= 15 is 0 Å². The smallest absolute Gasteiger partial charge is 0.171 e. The van der Waals surface area contributed by atoms with Gasteiger partial charge in [0.25, 0.3) is 0 Å². The second-order valence-corrected chi connectivity index (χ2v) is 6.30. The molecule has 0 heterocycles. The Hall–Kier alpha value is -3.07. The van der Waals surface area contributed by atoms with Crippen molar-refractivity contribution < 1.29 is 14.6 Å². The highest BCUT2D eigenvalue weighted by molar-refractivity contribution is 6.26. The summed E-state index contributed by atoms with van der Waals surface area (Å²) in [4.78, 5) is 12.4. The van der Waals surface area contributed by atoms with Crippen molar-refractivity contribution in [3.05, 3.63) is 83.1 Å². The molecule has 0 fully saturated rings. The maximum absolute atomic E-state index is 12.4. The summed E-state index contributed by atoms with van der Waals surface area (Å²) in [5, 5.41) is 12.9. The maximum atomic E-state index is 12.4. The largest absolute Gasteiger partial charge is 0.511 e. The number of carbonyl (C=O) groups excluding carboxylic acids is 1. The van der Waals surface area contributed by atoms with Crippen LogP contribution in [0.25, 0.3) is 16.3 Å². The Morgan fingerprint density at radius 3 is 2.64 bits per heavy atom. The first-order chi connectivity index (χ1) is 12.2. The molecule has 1 aliphatic rings. The molecule has 0 saturated heterocycles. The van der Waals surface area contributed by atoms with E-state index < -0.39 is 0 Å². The van der Waals surface area contributed by atoms with Crippen LogP contribution in [-0.4, -0.2) is 18.0 Å². The summed E-state index contributed by atoms with van der Waals surface area (Å²) in [6.45, 7) is 0. The lowest BCUT2D eigenvalue weighted by atomic mass is 10.00. The second kappa shape index (κ2) is 6.10. The molecule has 0 saturated carbocycles. The number of benzene rings is 3. The molecule has 0 bridgehead atoms. The Balaban J connectivity index is 1.71. The van der Waals surface area contributed by atoms with Gasteiger partial charge in [0.1, 0.15) is 11.5 Å². The van der Waals surface area contributed by atoms with Crippen molar-refractivity contribution in [2.75, 3.05) is 7.11 Å². The van der Waals surface area contributed by atoms with Crippen LogP contribution in [0.4, 0.5) is 0 Å². The van der Waals surface area contributed by atoms with Gasteiger partial charge in [-0.1, -0.05) is 48.5 Å². The van der Waals surface area contributed by atoms with E-state index in [0.29, 0.717) is 18.4 Å². The van der Waals surface area contributed by atoms with Crippen LogP contribution in [0.3, 0.4) is 0 Å². The van der Waals surface area contributed by atoms with E-state index in [9.17, 15) is 9.90 Å². The van der Waals surface area contributed by atoms with E-state index in [0.717, 1.165) is 33.2 Å². The maximum Gasteiger partial charge on any atom is 0.171 e. The summed E-state index contributed by atoms with van der Waals surface area (Å²) in [7, 11) is 1.60. The van der Waals surface area contributed by atoms with E-state index in [1.165, 1.54) is 0 Å². The van der Waals surface area contributed by atoms with Crippen LogP contribution in [0.1, 0.15) is 16.7 Å². The fourth-order valence-corrected chi connectivity index (χ4v) is 3.45. The van der Waals surface area contributed by atoms with Crippen molar-refractivity contribution in [3.8, 4) is 5.75 Å². The number of rotatable bonds is 3. The average molecular weight is 330 g/mol. The molecule has 0 aliphatic heterocycles. The van der Waals surface area contributed by atoms with Gasteiger partial charge in [-0.2, -0.15) is 0 Å². The van der Waals surface area contributed by atoms with Crippen LogP contribution in [-0.2, 0) is 17.6 Å². The zero-order chi connectivity index (χ0) is 17.4. The van der Waals surface area contributed by atoms with Crippen molar-refractivity contribution in [3.63, 3.8) is 0 Å². The molecule has 0 spiro atoms. The SMILES string of the molecule is COc1ccc2c(c1)CC(=O)C2=C(O)Cc1ccc2ccccc2c1. The highest BCUT2D eigenvalue weighted by Crippen LogP contribution is 2.34. The fraction of sp³-hybridized carbons (Fsp3) is 0.136. The van der Waals surface area contributed by atoms with Gasteiger partial charge in [0.15, 0.2) is 5.78 Å². The molecule has 124 valence electrons. The number of fused-ring (bicyclic) bond motifs is 2. The summed E-state index contributed by atoms with van der Waals surface area (Å²) >= 11 is 0. The standard InChI is InChI=1S/C22H18O3/c1-25-18-8-9-19-17(12-18)13-21(24)22(19)20(23)11-14-6-7-15-4-2-3-5-16(15)10-14/h2-10,12,23H,11,13H2,1H3. The van der Waals surface area contributed by atoms with Crippen LogP contribution in [0.15, 0.2) is 66.4 Å². The lowest BCUT2D eigenvalue weighted by Gasteiger charge is -2.08. The van der Waals surface area contributed by atoms with E-state index in [2.05, 4.69) is 12.1 Å². The molecule has 0 aromatic heterocycles. The Bertz CT molecular complexity index is 1010. The van der Waals surface area contributed by atoms with Gasteiger partial charge in [-0.05, 0) is 39.6 Å². The highest BCUT2D eigenvalue weighted by atomic mass is 16.5. The number of Topliss-reactive ketones (excluding diaryl/α,β-unsaturated/α-hetero) is 1. The first kappa shape index (κ1) is 15.5. The molecule has 3 aromatic rings. The number of methoxy groups -OCH3 is 1. The number of hydrogen-bond acceptors (Lipinski definition) is 3.